The molecule has 29 heavy (non-hydrogen) atoms. The summed E-state index contributed by atoms with van der Waals surface area (Å²) in [5, 5.41) is 4.04. The van der Waals surface area contributed by atoms with Crippen LogP contribution in [0.4, 0.5) is 10.2 Å². The Labute approximate surface area is 166 Å². The highest BCUT2D eigenvalue weighted by Gasteiger charge is 2.29. The van der Waals surface area contributed by atoms with E-state index in [9.17, 15) is 12.8 Å². The highest BCUT2D eigenvalue weighted by Crippen LogP contribution is 2.24. The molecule has 2 aromatic heterocycles. The highest BCUT2D eigenvalue weighted by atomic mass is 32.2. The maximum Gasteiger partial charge on any atom is 0.243 e. The average molecular weight is 419 g/mol. The van der Waals surface area contributed by atoms with Crippen molar-refractivity contribution in [1.82, 2.24) is 29.0 Å². The van der Waals surface area contributed by atoms with Crippen molar-refractivity contribution < 1.29 is 17.5 Å². The van der Waals surface area contributed by atoms with Crippen LogP contribution in [-0.4, -0.2) is 70.7 Å². The third kappa shape index (κ3) is 3.76. The van der Waals surface area contributed by atoms with Gasteiger partial charge in [-0.3, -0.25) is 0 Å². The molecule has 0 atom stereocenters. The molecule has 4 rings (SSSR count). The summed E-state index contributed by atoms with van der Waals surface area (Å²) in [6, 6.07) is 5.40. The summed E-state index contributed by atoms with van der Waals surface area (Å²) in [7, 11) is -2.48. The minimum absolute atomic E-state index is 0.000664. The Balaban J connectivity index is 1.48. The van der Waals surface area contributed by atoms with Crippen molar-refractivity contribution in [3.8, 4) is 11.6 Å². The Morgan fingerprint density at radius 2 is 1.79 bits per heavy atom. The summed E-state index contributed by atoms with van der Waals surface area (Å²) >= 11 is 0. The van der Waals surface area contributed by atoms with Crippen molar-refractivity contribution >= 4 is 15.8 Å². The number of benzene rings is 1. The lowest BCUT2D eigenvalue weighted by Crippen LogP contribution is -2.49. The lowest BCUT2D eigenvalue weighted by atomic mass is 10.3. The number of aromatic nitrogens is 5. The number of nitrogens with zero attached hydrogens (tertiary/aromatic N) is 7. The van der Waals surface area contributed by atoms with E-state index in [-0.39, 0.29) is 23.7 Å². The normalized spacial score (nSPS) is 15.4. The summed E-state index contributed by atoms with van der Waals surface area (Å²) in [6.07, 6.45) is 4.37. The number of ether oxygens (including phenoxy) is 1. The molecule has 0 unspecified atom stereocenters. The van der Waals surface area contributed by atoms with Gasteiger partial charge < -0.3 is 9.64 Å². The minimum atomic E-state index is -3.80. The number of hydrogen-bond donors (Lipinski definition) is 0. The van der Waals surface area contributed by atoms with Gasteiger partial charge in [0.2, 0.25) is 10.0 Å². The van der Waals surface area contributed by atoms with Crippen LogP contribution in [0.1, 0.15) is 0 Å². The first kappa shape index (κ1) is 19.2. The largest absolute Gasteiger partial charge is 0.494 e. The molecule has 0 bridgehead atoms. The second-order valence-corrected chi connectivity index (χ2v) is 8.20. The van der Waals surface area contributed by atoms with Gasteiger partial charge in [-0.15, -0.1) is 0 Å². The smallest absolute Gasteiger partial charge is 0.243 e. The Hall–Kier alpha value is -3.12. The Kier molecular flexibility index (Phi) is 5.11. The van der Waals surface area contributed by atoms with Crippen LogP contribution < -0.4 is 9.64 Å². The third-order valence-electron chi connectivity index (χ3n) is 4.62. The molecule has 1 fully saturated rings. The molecule has 0 amide bonds. The first-order chi connectivity index (χ1) is 14.0. The van der Waals surface area contributed by atoms with E-state index in [1.807, 2.05) is 4.90 Å². The van der Waals surface area contributed by atoms with Crippen molar-refractivity contribution in [2.75, 3.05) is 38.2 Å². The van der Waals surface area contributed by atoms with Crippen molar-refractivity contribution in [2.24, 2.45) is 0 Å². The van der Waals surface area contributed by atoms with Crippen LogP contribution in [0.5, 0.6) is 5.75 Å². The van der Waals surface area contributed by atoms with Gasteiger partial charge in [0.15, 0.2) is 17.4 Å². The molecule has 1 aliphatic rings. The molecule has 152 valence electrons. The second kappa shape index (κ2) is 7.72. The van der Waals surface area contributed by atoms with Crippen LogP contribution >= 0.6 is 0 Å². The van der Waals surface area contributed by atoms with Gasteiger partial charge in [0.05, 0.1) is 12.0 Å². The second-order valence-electron chi connectivity index (χ2n) is 6.26. The molecule has 1 aromatic carbocycles. The monoisotopic (exact) mass is 419 g/mol. The van der Waals surface area contributed by atoms with Crippen LogP contribution in [0.3, 0.4) is 0 Å². The fourth-order valence-electron chi connectivity index (χ4n) is 3.08. The van der Waals surface area contributed by atoms with Gasteiger partial charge in [0.1, 0.15) is 24.8 Å². The van der Waals surface area contributed by atoms with Gasteiger partial charge in [0, 0.05) is 32.2 Å². The standard InChI is InChI=1S/C17H18FN7O3S/c1-28-15-3-2-13(8-14(15)18)29(26,27)24-6-4-23(5-7-24)16-9-17(21-11-20-16)25-12-19-10-22-25/h2-3,8-12H,4-7H2,1H3. The van der Waals surface area contributed by atoms with E-state index in [1.165, 1.54) is 47.2 Å². The van der Waals surface area contributed by atoms with Crippen LogP contribution in [0.15, 0.2) is 48.1 Å². The van der Waals surface area contributed by atoms with E-state index < -0.39 is 15.8 Å². The van der Waals surface area contributed by atoms with Gasteiger partial charge in [-0.05, 0) is 18.2 Å². The molecule has 3 heterocycles. The topological polar surface area (TPSA) is 106 Å². The van der Waals surface area contributed by atoms with Gasteiger partial charge >= 0.3 is 0 Å². The highest BCUT2D eigenvalue weighted by molar-refractivity contribution is 7.89. The van der Waals surface area contributed by atoms with Gasteiger partial charge in [-0.25, -0.2) is 32.4 Å². The van der Waals surface area contributed by atoms with E-state index in [2.05, 4.69) is 20.1 Å². The maximum atomic E-state index is 13.9. The third-order valence-corrected chi connectivity index (χ3v) is 6.51. The number of hydrogen-bond acceptors (Lipinski definition) is 8. The van der Waals surface area contributed by atoms with Crippen LogP contribution in [-0.2, 0) is 10.0 Å². The van der Waals surface area contributed by atoms with Crippen LogP contribution in [0, 0.1) is 5.82 Å². The predicted molar refractivity (Wildman–Crippen MR) is 101 cm³/mol. The van der Waals surface area contributed by atoms with Crippen molar-refractivity contribution in [3.05, 3.63) is 49.1 Å². The molecule has 1 saturated heterocycles. The Morgan fingerprint density at radius 1 is 1.03 bits per heavy atom. The fraction of sp³-hybridized carbons (Fsp3) is 0.294. The zero-order chi connectivity index (χ0) is 20.4. The average Bonchev–Trinajstić information content (AvgIpc) is 3.29. The molecule has 10 nitrogen and oxygen atoms in total. The fourth-order valence-corrected chi connectivity index (χ4v) is 4.51. The number of anilines is 1. The maximum absolute atomic E-state index is 13.9. The Bertz CT molecular complexity index is 1100. The molecule has 0 saturated carbocycles. The minimum Gasteiger partial charge on any atom is -0.494 e. The molecule has 0 spiro atoms. The van der Waals surface area contributed by atoms with Crippen molar-refractivity contribution in [2.45, 2.75) is 4.90 Å². The summed E-state index contributed by atoms with van der Waals surface area (Å²) in [4.78, 5) is 14.2. The predicted octanol–water partition coefficient (Wildman–Crippen LogP) is 0.716. The summed E-state index contributed by atoms with van der Waals surface area (Å²) in [5.41, 5.74) is 0. The SMILES string of the molecule is COc1ccc(S(=O)(=O)N2CCN(c3cc(-n4cncn4)ncn3)CC2)cc1F. The first-order valence-electron chi connectivity index (χ1n) is 8.75. The van der Waals surface area contributed by atoms with E-state index in [0.717, 1.165) is 6.07 Å². The molecular formula is C17H18FN7O3S. The van der Waals surface area contributed by atoms with E-state index in [0.29, 0.717) is 24.7 Å². The molecule has 0 radical (unpaired) electrons. The molecule has 1 aliphatic heterocycles. The van der Waals surface area contributed by atoms with E-state index in [1.54, 1.807) is 6.07 Å². The number of halogens is 1. The zero-order valence-electron chi connectivity index (χ0n) is 15.5. The number of sulfonamides is 1. The molecule has 12 heteroatoms. The Morgan fingerprint density at radius 3 is 2.45 bits per heavy atom. The van der Waals surface area contributed by atoms with Crippen molar-refractivity contribution in [1.29, 1.82) is 0 Å². The number of rotatable bonds is 5. The van der Waals surface area contributed by atoms with E-state index >= 15 is 0 Å². The first-order valence-corrected chi connectivity index (χ1v) is 10.2. The molecule has 0 aliphatic carbocycles. The quantitative estimate of drug-likeness (QED) is 0.595. The van der Waals surface area contributed by atoms with Gasteiger partial charge in [-0.1, -0.05) is 0 Å². The van der Waals surface area contributed by atoms with Gasteiger partial charge in [-0.2, -0.15) is 9.40 Å². The van der Waals surface area contributed by atoms with E-state index in [4.69, 9.17) is 4.74 Å². The zero-order valence-corrected chi connectivity index (χ0v) is 16.3. The summed E-state index contributed by atoms with van der Waals surface area (Å²) < 4.78 is 47.3. The molecular weight excluding hydrogens is 401 g/mol. The summed E-state index contributed by atoms with van der Waals surface area (Å²) in [6.45, 7) is 1.37. The lowest BCUT2D eigenvalue weighted by molar-refractivity contribution is 0.379. The lowest BCUT2D eigenvalue weighted by Gasteiger charge is -2.34. The summed E-state index contributed by atoms with van der Waals surface area (Å²) in [5.74, 6) is 0.517. The number of piperazine rings is 1. The van der Waals surface area contributed by atoms with Gasteiger partial charge in [0.25, 0.3) is 0 Å². The van der Waals surface area contributed by atoms with Crippen LogP contribution in [0.25, 0.3) is 5.82 Å². The van der Waals surface area contributed by atoms with Crippen LogP contribution in [0.2, 0.25) is 0 Å². The number of methoxy groups -OCH3 is 1. The molecule has 0 N–H and O–H groups in total. The molecule has 3 aromatic rings. The van der Waals surface area contributed by atoms with Crippen molar-refractivity contribution in [3.63, 3.8) is 0 Å².